The summed E-state index contributed by atoms with van der Waals surface area (Å²) in [4.78, 5) is 23.3. The van der Waals surface area contributed by atoms with E-state index in [4.69, 9.17) is 5.73 Å². The van der Waals surface area contributed by atoms with Crippen LogP contribution in [0.1, 0.15) is 44.6 Å². The number of carboxylic acids is 1. The molecule has 5 N–H and O–H groups in total. The monoisotopic (exact) mass is 336 g/mol. The molecule has 0 unspecified atom stereocenters. The van der Waals surface area contributed by atoms with Crippen molar-refractivity contribution < 1.29 is 19.8 Å². The maximum Gasteiger partial charge on any atom is 0.326 e. The van der Waals surface area contributed by atoms with E-state index in [0.717, 1.165) is 31.2 Å². The number of nitrogens with two attached hydrogens (primary N) is 1. The molecule has 1 rings (SSSR count). The van der Waals surface area contributed by atoms with Crippen LogP contribution in [-0.2, 0) is 16.0 Å². The van der Waals surface area contributed by atoms with Crippen LogP contribution >= 0.6 is 0 Å². The van der Waals surface area contributed by atoms with Gasteiger partial charge in [-0.25, -0.2) is 4.79 Å². The minimum Gasteiger partial charge on any atom is -0.480 e. The van der Waals surface area contributed by atoms with Crippen LogP contribution in [0.15, 0.2) is 30.3 Å². The number of carbonyl (C=O) groups is 2. The fourth-order valence-corrected chi connectivity index (χ4v) is 2.48. The normalized spacial score (nSPS) is 14.6. The molecule has 0 saturated heterocycles. The van der Waals surface area contributed by atoms with E-state index in [9.17, 15) is 19.8 Å². The molecule has 0 saturated carbocycles. The first-order chi connectivity index (χ1) is 11.5. The quantitative estimate of drug-likeness (QED) is 0.457. The molecule has 0 aliphatic heterocycles. The Morgan fingerprint density at radius 1 is 1.17 bits per heavy atom. The predicted octanol–water partition coefficient (Wildman–Crippen LogP) is 1.46. The van der Waals surface area contributed by atoms with Crippen molar-refractivity contribution in [1.82, 2.24) is 5.32 Å². The molecule has 0 heterocycles. The molecule has 3 atom stereocenters. The Morgan fingerprint density at radius 3 is 2.42 bits per heavy atom. The highest BCUT2D eigenvalue weighted by Crippen LogP contribution is 2.08. The van der Waals surface area contributed by atoms with Crippen molar-refractivity contribution in [2.45, 2.75) is 63.6 Å². The zero-order valence-electron chi connectivity index (χ0n) is 14.1. The largest absolute Gasteiger partial charge is 0.480 e. The summed E-state index contributed by atoms with van der Waals surface area (Å²) in [6.45, 7) is 2.07. The third kappa shape index (κ3) is 7.10. The highest BCUT2D eigenvalue weighted by Gasteiger charge is 2.27. The second kappa shape index (κ2) is 10.8. The fraction of sp³-hybridized carbons (Fsp3) is 0.556. The van der Waals surface area contributed by atoms with Crippen LogP contribution in [0.3, 0.4) is 0 Å². The topological polar surface area (TPSA) is 113 Å². The highest BCUT2D eigenvalue weighted by atomic mass is 16.4. The molecule has 134 valence electrons. The van der Waals surface area contributed by atoms with E-state index in [0.29, 0.717) is 12.8 Å². The molecule has 0 aromatic heterocycles. The summed E-state index contributed by atoms with van der Waals surface area (Å²) in [6.07, 6.45) is 2.97. The average molecular weight is 336 g/mol. The zero-order valence-corrected chi connectivity index (χ0v) is 14.1. The van der Waals surface area contributed by atoms with Gasteiger partial charge in [-0.05, 0) is 18.4 Å². The van der Waals surface area contributed by atoms with Crippen LogP contribution in [0, 0.1) is 0 Å². The predicted molar refractivity (Wildman–Crippen MR) is 92.5 cm³/mol. The molecular weight excluding hydrogens is 308 g/mol. The summed E-state index contributed by atoms with van der Waals surface area (Å²) in [7, 11) is 0. The van der Waals surface area contributed by atoms with E-state index < -0.39 is 30.1 Å². The number of carboxylic acid groups (broad SMARTS) is 1. The number of aliphatic hydroxyl groups excluding tert-OH is 1. The zero-order chi connectivity index (χ0) is 17.9. The molecule has 0 spiro atoms. The molecular formula is C18H28N2O4. The lowest BCUT2D eigenvalue weighted by Gasteiger charge is -2.21. The van der Waals surface area contributed by atoms with Crippen LogP contribution in [0.2, 0.25) is 0 Å². The van der Waals surface area contributed by atoms with Crippen LogP contribution < -0.4 is 11.1 Å². The Balaban J connectivity index is 2.51. The van der Waals surface area contributed by atoms with Crippen molar-refractivity contribution >= 4 is 11.9 Å². The summed E-state index contributed by atoms with van der Waals surface area (Å²) in [5.41, 5.74) is 6.79. The highest BCUT2D eigenvalue weighted by molar-refractivity contribution is 5.86. The van der Waals surface area contributed by atoms with Crippen molar-refractivity contribution in [2.75, 3.05) is 0 Å². The number of hydrogen-bond acceptors (Lipinski definition) is 4. The fourth-order valence-electron chi connectivity index (χ4n) is 2.48. The van der Waals surface area contributed by atoms with Gasteiger partial charge in [-0.3, -0.25) is 4.79 Å². The van der Waals surface area contributed by atoms with Gasteiger partial charge in [0.15, 0.2) is 0 Å². The van der Waals surface area contributed by atoms with E-state index >= 15 is 0 Å². The van der Waals surface area contributed by atoms with Crippen molar-refractivity contribution in [3.05, 3.63) is 35.9 Å². The third-order valence-corrected chi connectivity index (χ3v) is 3.95. The minimum absolute atomic E-state index is 0.337. The van der Waals surface area contributed by atoms with Gasteiger partial charge in [-0.15, -0.1) is 0 Å². The second-order valence-electron chi connectivity index (χ2n) is 6.05. The number of benzene rings is 1. The number of hydrogen-bond donors (Lipinski definition) is 4. The maximum absolute atomic E-state index is 12.1. The Bertz CT molecular complexity index is 507. The van der Waals surface area contributed by atoms with Crippen LogP contribution in [0.4, 0.5) is 0 Å². The first-order valence-corrected chi connectivity index (χ1v) is 8.46. The van der Waals surface area contributed by atoms with Gasteiger partial charge >= 0.3 is 5.97 Å². The van der Waals surface area contributed by atoms with Gasteiger partial charge in [0.25, 0.3) is 5.91 Å². The Kier molecular flexibility index (Phi) is 9.04. The molecule has 0 bridgehead atoms. The van der Waals surface area contributed by atoms with Gasteiger partial charge in [-0.1, -0.05) is 62.9 Å². The van der Waals surface area contributed by atoms with E-state index in [1.165, 1.54) is 0 Å². The van der Waals surface area contributed by atoms with E-state index in [2.05, 4.69) is 12.2 Å². The molecule has 1 amide bonds. The second-order valence-corrected chi connectivity index (χ2v) is 6.05. The van der Waals surface area contributed by atoms with E-state index in [-0.39, 0.29) is 0 Å². The Hall–Kier alpha value is -1.92. The number of rotatable bonds is 11. The number of aliphatic carboxylic acids is 1. The summed E-state index contributed by atoms with van der Waals surface area (Å²) >= 11 is 0. The summed E-state index contributed by atoms with van der Waals surface area (Å²) < 4.78 is 0. The van der Waals surface area contributed by atoms with Crippen molar-refractivity contribution in [1.29, 1.82) is 0 Å². The first kappa shape index (κ1) is 20.1. The standard InChI is InChI=1S/C18H28N2O4/c1-2-3-4-8-11-15(18(23)24)20-17(22)16(21)14(19)12-13-9-6-5-7-10-13/h5-7,9-10,14-16,21H,2-4,8,11-12,19H2,1H3,(H,20,22)(H,23,24)/t14-,15+,16-/m1/s1. The number of amides is 1. The molecule has 0 aliphatic carbocycles. The molecule has 6 nitrogen and oxygen atoms in total. The lowest BCUT2D eigenvalue weighted by atomic mass is 10.0. The van der Waals surface area contributed by atoms with E-state index in [1.54, 1.807) is 0 Å². The SMILES string of the molecule is CCCCCC[C@H](NC(=O)[C@H](O)[C@H](N)Cc1ccccc1)C(=O)O. The summed E-state index contributed by atoms with van der Waals surface area (Å²) in [6, 6.07) is 7.51. The first-order valence-electron chi connectivity index (χ1n) is 8.46. The number of nitrogens with one attached hydrogen (secondary N) is 1. The number of carbonyl (C=O) groups excluding carboxylic acids is 1. The van der Waals surface area contributed by atoms with Gasteiger partial charge in [0.05, 0.1) is 0 Å². The molecule has 1 aromatic carbocycles. The number of unbranched alkanes of at least 4 members (excludes halogenated alkanes) is 3. The molecule has 6 heteroatoms. The molecule has 0 radical (unpaired) electrons. The lowest BCUT2D eigenvalue weighted by Crippen LogP contribution is -2.51. The minimum atomic E-state index is -1.44. The van der Waals surface area contributed by atoms with Gasteiger partial charge in [0.1, 0.15) is 12.1 Å². The Labute approximate surface area is 143 Å². The van der Waals surface area contributed by atoms with Crippen LogP contribution in [0.25, 0.3) is 0 Å². The van der Waals surface area contributed by atoms with Crippen molar-refractivity contribution in [3.8, 4) is 0 Å². The lowest BCUT2D eigenvalue weighted by molar-refractivity contribution is -0.143. The van der Waals surface area contributed by atoms with Gasteiger partial charge in [0.2, 0.25) is 0 Å². The van der Waals surface area contributed by atoms with E-state index in [1.807, 2.05) is 30.3 Å². The Morgan fingerprint density at radius 2 is 1.83 bits per heavy atom. The molecule has 0 fully saturated rings. The van der Waals surface area contributed by atoms with Crippen molar-refractivity contribution in [2.24, 2.45) is 5.73 Å². The van der Waals surface area contributed by atoms with Crippen LogP contribution in [-0.4, -0.2) is 40.3 Å². The third-order valence-electron chi connectivity index (χ3n) is 3.95. The van der Waals surface area contributed by atoms with Gasteiger partial charge < -0.3 is 21.3 Å². The maximum atomic E-state index is 12.1. The van der Waals surface area contributed by atoms with Gasteiger partial charge in [0, 0.05) is 6.04 Å². The average Bonchev–Trinajstić information content (AvgIpc) is 2.57. The summed E-state index contributed by atoms with van der Waals surface area (Å²) in [5.74, 6) is -1.83. The molecule has 1 aromatic rings. The summed E-state index contributed by atoms with van der Waals surface area (Å²) in [5, 5.41) is 21.7. The molecule has 0 aliphatic rings. The van der Waals surface area contributed by atoms with Gasteiger partial charge in [-0.2, -0.15) is 0 Å². The molecule has 24 heavy (non-hydrogen) atoms. The smallest absolute Gasteiger partial charge is 0.326 e. The van der Waals surface area contributed by atoms with Crippen LogP contribution in [0.5, 0.6) is 0 Å². The number of aliphatic hydroxyl groups is 1. The van der Waals surface area contributed by atoms with Crippen molar-refractivity contribution in [3.63, 3.8) is 0 Å².